The maximum absolute atomic E-state index is 15.8. The van der Waals surface area contributed by atoms with Crippen molar-refractivity contribution in [3.05, 3.63) is 12.2 Å². The zero-order valence-corrected chi connectivity index (χ0v) is 67.9. The van der Waals surface area contributed by atoms with Gasteiger partial charge in [0, 0.05) is 88.6 Å². The molecule has 7 rings (SSSR count). The zero-order chi connectivity index (χ0) is 83.6. The van der Waals surface area contributed by atoms with Crippen LogP contribution in [0.1, 0.15) is 184 Å². The molecule has 34 heteroatoms. The van der Waals surface area contributed by atoms with Gasteiger partial charge in [-0.2, -0.15) is 26.3 Å². The van der Waals surface area contributed by atoms with Crippen molar-refractivity contribution in [2.45, 2.75) is 275 Å². The number of alkyl halides is 8. The fourth-order valence-electron chi connectivity index (χ4n) is 18.1. The summed E-state index contributed by atoms with van der Waals surface area (Å²) in [4.78, 5) is 193. The van der Waals surface area contributed by atoms with E-state index < -0.39 is 235 Å². The molecule has 3 aliphatic heterocycles. The summed E-state index contributed by atoms with van der Waals surface area (Å²) in [7, 11) is 9.41. The third-order valence-electron chi connectivity index (χ3n) is 24.4. The fourth-order valence-corrected chi connectivity index (χ4v) is 18.1. The van der Waals surface area contributed by atoms with Crippen molar-refractivity contribution in [3.63, 3.8) is 0 Å². The highest BCUT2D eigenvalue weighted by Gasteiger charge is 2.60. The normalized spacial score (nSPS) is 31.8. The van der Waals surface area contributed by atoms with Crippen LogP contribution in [-0.4, -0.2) is 301 Å². The smallest absolute Gasteiger partial charge is 0.377 e. The lowest BCUT2D eigenvalue weighted by Gasteiger charge is -2.54. The molecule has 26 nitrogen and oxygen atoms in total. The van der Waals surface area contributed by atoms with Crippen LogP contribution >= 0.6 is 0 Å². The van der Waals surface area contributed by atoms with Gasteiger partial charge < -0.3 is 69.5 Å². The average Bonchev–Trinajstić information content (AvgIpc) is 0.957. The Bertz CT molecular complexity index is 3350. The van der Waals surface area contributed by atoms with Crippen molar-refractivity contribution in [1.82, 2.24) is 60.0 Å². The predicted octanol–water partition coefficient (Wildman–Crippen LogP) is 6.76. The molecule has 3 N–H and O–H groups in total. The van der Waals surface area contributed by atoms with E-state index in [1.807, 2.05) is 13.8 Å². The van der Waals surface area contributed by atoms with Crippen molar-refractivity contribution >= 4 is 70.9 Å². The highest BCUT2D eigenvalue weighted by atomic mass is 19.4. The maximum Gasteiger partial charge on any atom is 0.397 e. The number of likely N-dealkylation sites (N-methyl/N-ethyl adjacent to an activating group) is 7. The van der Waals surface area contributed by atoms with Crippen LogP contribution in [-0.2, 0) is 67.0 Å². The second kappa shape index (κ2) is 38.9. The highest BCUT2D eigenvalue weighted by molar-refractivity contribution is 6.01. The minimum absolute atomic E-state index is 0.00332. The zero-order valence-electron chi connectivity index (χ0n) is 67.9. The van der Waals surface area contributed by atoms with Gasteiger partial charge in [0.2, 0.25) is 70.9 Å². The third-order valence-corrected chi connectivity index (χ3v) is 24.4. The maximum atomic E-state index is 15.8. The summed E-state index contributed by atoms with van der Waals surface area (Å²) in [5.74, 6) is -16.9. The van der Waals surface area contributed by atoms with E-state index in [1.165, 1.54) is 71.0 Å². The molecule has 3 heterocycles. The molecular weight excluding hydrogens is 1480 g/mol. The summed E-state index contributed by atoms with van der Waals surface area (Å²) in [6.07, 6.45) is -15.5. The number of hydrogen-bond acceptors (Lipinski definition) is 14. The van der Waals surface area contributed by atoms with Gasteiger partial charge in [0.15, 0.2) is 0 Å². The Labute approximate surface area is 653 Å². The van der Waals surface area contributed by atoms with Crippen molar-refractivity contribution < 1.29 is 102 Å². The molecule has 1 spiro atoms. The first-order chi connectivity index (χ1) is 52.3. The Balaban J connectivity index is 1.35. The van der Waals surface area contributed by atoms with E-state index in [4.69, 9.17) is 9.47 Å². The van der Waals surface area contributed by atoms with Gasteiger partial charge in [0.25, 0.3) is 0 Å². The van der Waals surface area contributed by atoms with Crippen LogP contribution in [0, 0.1) is 40.9 Å². The molecule has 12 atom stereocenters. The monoisotopic (exact) mass is 1600 g/mol. The summed E-state index contributed by atoms with van der Waals surface area (Å²) in [5, 5.41) is 8.40. The van der Waals surface area contributed by atoms with E-state index in [1.54, 1.807) is 46.8 Å². The molecule has 0 aromatic rings. The standard InChI is InChI=1S/C78H122F8N12O14/c1-16-90(9)69(105)58-39-61(100)94(13)56(34-45(4)5)66(102)88-64(46(6)111-17-2)72(108)92(11)42-62(101)93(12)55-26-20-19-23-33-97(71(55)107)59(37-47-27-30-50(31-28-47)77(81,82)83)70(106)91(10)41-60(99)87-54(32-29-48-35-52(79)63(53(80)36-48)78(84,85)86)68(104)98-40-51(112-18-3)38-57(98)67(103)89-76(43-75(7,8)44-76)74(110)96(15)65(73(109)95(58)14)49-24-21-22-25-49/h19-20,45-59,63-65H,16-18,21-44H2,1-15H3,(H,87,99)(H,88,102)(H,89,103)/b20-19-/t46-,47?,48?,50?,51-,52?,53?,54+,55+,56+,57+,58+,59+,63?,64+,65+/m1/s1. The molecule has 6 fully saturated rings. The molecule has 2 saturated heterocycles. The number of nitrogens with zero attached hydrogens (tertiary/aromatic N) is 9. The molecule has 4 aliphatic carbocycles. The molecule has 12 amide bonds. The second-order valence-electron chi connectivity index (χ2n) is 33.7. The Hall–Kier alpha value is -7.26. The Morgan fingerprint density at radius 2 is 1.26 bits per heavy atom. The molecule has 2 bridgehead atoms. The van der Waals surface area contributed by atoms with Crippen molar-refractivity contribution in [3.8, 4) is 0 Å². The molecule has 0 aromatic heterocycles. The van der Waals surface area contributed by atoms with Crippen molar-refractivity contribution in [2.75, 3.05) is 95.3 Å². The first kappa shape index (κ1) is 91.9. The summed E-state index contributed by atoms with van der Waals surface area (Å²) in [6, 6.07) is -11.8. The van der Waals surface area contributed by atoms with Gasteiger partial charge >= 0.3 is 12.4 Å². The first-order valence-corrected chi connectivity index (χ1v) is 39.9. The lowest BCUT2D eigenvalue weighted by Crippen LogP contribution is -2.71. The number of hydrogen-bond donors (Lipinski definition) is 3. The van der Waals surface area contributed by atoms with E-state index in [0.29, 0.717) is 25.7 Å². The molecule has 4 saturated carbocycles. The SMILES string of the molecule is CCO[C@@H]1C[C@H]2C(=O)NC3(CC(C)(C)C3)C(=O)N(C)[C@@H](C3CCCC3)C(=O)N(C)[C@H](C(=O)N(C)CC)CC(=O)N(C)[C@@H](CC(C)C)C(=O)N[C@@H]([C@@H](C)OCC)C(=O)N(C)CC(=O)N(C)[C@H]3C/C=C\CCN(C3=O)[C@@H](CC3CCC(C(F)(F)F)CC3)C(=O)N(C)CC(=O)N[C@@H](CCC3CC(F)C(C(F)(F)F)C(F)C3)C(=O)N2C1. The second-order valence-corrected chi connectivity index (χ2v) is 33.7. The van der Waals surface area contributed by atoms with Gasteiger partial charge in [-0.1, -0.05) is 52.7 Å². The Kier molecular flexibility index (Phi) is 31.9. The molecule has 7 aliphatic rings. The van der Waals surface area contributed by atoms with Crippen LogP contribution in [0.5, 0.6) is 0 Å². The van der Waals surface area contributed by atoms with E-state index in [0.717, 1.165) is 29.4 Å². The Morgan fingerprint density at radius 1 is 0.643 bits per heavy atom. The summed E-state index contributed by atoms with van der Waals surface area (Å²) < 4.78 is 128. The number of fused-ring (bicyclic) bond motifs is 3. The van der Waals surface area contributed by atoms with Crippen LogP contribution in [0.15, 0.2) is 12.2 Å². The largest absolute Gasteiger partial charge is 0.397 e. The van der Waals surface area contributed by atoms with Gasteiger partial charge in [-0.15, -0.1) is 0 Å². The first-order valence-electron chi connectivity index (χ1n) is 39.9. The van der Waals surface area contributed by atoms with E-state index >= 15 is 47.1 Å². The summed E-state index contributed by atoms with van der Waals surface area (Å²) in [5.41, 5.74) is -2.39. The van der Waals surface area contributed by atoms with Crippen LogP contribution in [0.25, 0.3) is 0 Å². The topological polar surface area (TPSA) is 289 Å². The molecule has 634 valence electrons. The highest BCUT2D eigenvalue weighted by Crippen LogP contribution is 2.50. The number of halogens is 8. The quantitative estimate of drug-likeness (QED) is 0.113. The van der Waals surface area contributed by atoms with Gasteiger partial charge in [0.05, 0.1) is 37.6 Å². The Morgan fingerprint density at radius 3 is 1.82 bits per heavy atom. The van der Waals surface area contributed by atoms with Gasteiger partial charge in [-0.05, 0) is 160 Å². The number of carbonyl (C=O) groups is 12. The number of rotatable bonds is 15. The minimum Gasteiger partial charge on any atom is -0.377 e. The number of carbonyl (C=O) groups excluding carboxylic acids is 12. The third kappa shape index (κ3) is 22.4. The number of ether oxygens (including phenoxy) is 2. The van der Waals surface area contributed by atoms with E-state index in [9.17, 15) is 45.5 Å². The average molecular weight is 1600 g/mol. The van der Waals surface area contributed by atoms with E-state index in [-0.39, 0.29) is 116 Å². The van der Waals surface area contributed by atoms with Gasteiger partial charge in [0.1, 0.15) is 72.1 Å². The number of amides is 12. The molecule has 0 aromatic carbocycles. The number of nitrogens with one attached hydrogen (secondary N) is 3. The molecule has 2 unspecified atom stereocenters. The van der Waals surface area contributed by atoms with Crippen LogP contribution < -0.4 is 16.0 Å². The predicted molar refractivity (Wildman–Crippen MR) is 397 cm³/mol. The summed E-state index contributed by atoms with van der Waals surface area (Å²) >= 11 is 0. The minimum atomic E-state index is -5.23. The lowest BCUT2D eigenvalue weighted by atomic mass is 9.58. The van der Waals surface area contributed by atoms with Crippen LogP contribution in [0.3, 0.4) is 0 Å². The lowest BCUT2D eigenvalue weighted by molar-refractivity contribution is -0.219. The van der Waals surface area contributed by atoms with Crippen LogP contribution in [0.2, 0.25) is 0 Å². The van der Waals surface area contributed by atoms with E-state index in [2.05, 4.69) is 16.0 Å². The fraction of sp³-hybridized carbons (Fsp3) is 0.821. The molecule has 112 heavy (non-hydrogen) atoms. The van der Waals surface area contributed by atoms with Gasteiger partial charge in [-0.3, -0.25) is 57.5 Å². The van der Waals surface area contributed by atoms with Crippen LogP contribution in [0.4, 0.5) is 35.1 Å². The van der Waals surface area contributed by atoms with Crippen molar-refractivity contribution in [2.24, 2.45) is 40.9 Å². The molecular formula is C78H122F8N12O14. The summed E-state index contributed by atoms with van der Waals surface area (Å²) in [6.45, 7) is 12.0. The van der Waals surface area contributed by atoms with Gasteiger partial charge in [-0.25, -0.2) is 8.78 Å². The van der Waals surface area contributed by atoms with Crippen molar-refractivity contribution in [1.29, 1.82) is 0 Å². The molecule has 0 radical (unpaired) electrons.